The Bertz CT molecular complexity index is 352. The van der Waals surface area contributed by atoms with Gasteiger partial charge in [0.05, 0.1) is 9.37 Å². The molecule has 1 aromatic rings. The van der Waals surface area contributed by atoms with Crippen LogP contribution in [-0.2, 0) is 0 Å². The van der Waals surface area contributed by atoms with Gasteiger partial charge in [0.25, 0.3) is 0 Å². The molecule has 1 nitrogen and oxygen atoms in total. The Morgan fingerprint density at radius 3 is 2.36 bits per heavy atom. The van der Waals surface area contributed by atoms with Crippen molar-refractivity contribution in [2.45, 2.75) is 10.4 Å². The molecule has 0 aliphatic rings. The first-order chi connectivity index (χ1) is 6.29. The van der Waals surface area contributed by atoms with Gasteiger partial charge in [-0.05, 0) is 33.8 Å². The summed E-state index contributed by atoms with van der Waals surface area (Å²) < 4.78 is 48.5. The maximum atomic E-state index is 12.9. The first-order valence-corrected chi connectivity index (χ1v) is 4.84. The molecule has 0 saturated carbocycles. The SMILES string of the molecule is Oc1cc(F)c(SC(F)(F)F)cc1Br. The smallest absolute Gasteiger partial charge is 0.446 e. The van der Waals surface area contributed by atoms with Crippen molar-refractivity contribution in [3.63, 3.8) is 0 Å². The molecule has 78 valence electrons. The zero-order chi connectivity index (χ0) is 10.9. The zero-order valence-electron chi connectivity index (χ0n) is 6.40. The molecule has 0 unspecified atom stereocenters. The number of phenolic OH excluding ortho intramolecular Hbond substituents is 1. The zero-order valence-corrected chi connectivity index (χ0v) is 8.80. The third-order valence-electron chi connectivity index (χ3n) is 1.23. The molecule has 1 rings (SSSR count). The van der Waals surface area contributed by atoms with E-state index in [1.807, 2.05) is 0 Å². The molecule has 0 amide bonds. The summed E-state index contributed by atoms with van der Waals surface area (Å²) in [6.45, 7) is 0. The van der Waals surface area contributed by atoms with Gasteiger partial charge in [0, 0.05) is 6.07 Å². The Hall–Kier alpha value is -0.430. The number of benzene rings is 1. The first kappa shape index (κ1) is 11.6. The summed E-state index contributed by atoms with van der Waals surface area (Å²) in [5.74, 6) is -1.54. The van der Waals surface area contributed by atoms with Crippen LogP contribution in [0.4, 0.5) is 17.6 Å². The van der Waals surface area contributed by atoms with E-state index < -0.39 is 33.7 Å². The molecule has 0 fully saturated rings. The van der Waals surface area contributed by atoms with Gasteiger partial charge in [-0.25, -0.2) is 4.39 Å². The molecule has 0 bridgehead atoms. The van der Waals surface area contributed by atoms with Crippen LogP contribution in [0.5, 0.6) is 5.75 Å². The highest BCUT2D eigenvalue weighted by Crippen LogP contribution is 2.40. The van der Waals surface area contributed by atoms with Crippen molar-refractivity contribution in [3.05, 3.63) is 22.4 Å². The summed E-state index contributed by atoms with van der Waals surface area (Å²) in [5, 5.41) is 8.95. The highest BCUT2D eigenvalue weighted by Gasteiger charge is 2.31. The summed E-state index contributed by atoms with van der Waals surface area (Å²) in [4.78, 5) is -0.581. The van der Waals surface area contributed by atoms with E-state index in [2.05, 4.69) is 15.9 Å². The van der Waals surface area contributed by atoms with Gasteiger partial charge in [0.1, 0.15) is 11.6 Å². The van der Waals surface area contributed by atoms with Crippen LogP contribution in [-0.4, -0.2) is 10.6 Å². The largest absolute Gasteiger partial charge is 0.507 e. The fourth-order valence-electron chi connectivity index (χ4n) is 0.721. The van der Waals surface area contributed by atoms with Gasteiger partial charge in [-0.1, -0.05) is 0 Å². The lowest BCUT2D eigenvalue weighted by Crippen LogP contribution is -2.00. The van der Waals surface area contributed by atoms with E-state index in [0.29, 0.717) is 6.07 Å². The van der Waals surface area contributed by atoms with Gasteiger partial charge in [-0.2, -0.15) is 13.2 Å². The van der Waals surface area contributed by atoms with Crippen LogP contribution in [0.15, 0.2) is 21.5 Å². The highest BCUT2D eigenvalue weighted by molar-refractivity contribution is 9.10. The van der Waals surface area contributed by atoms with E-state index >= 15 is 0 Å². The van der Waals surface area contributed by atoms with E-state index in [0.717, 1.165) is 6.07 Å². The number of hydrogen-bond acceptors (Lipinski definition) is 2. The van der Waals surface area contributed by atoms with Crippen molar-refractivity contribution >= 4 is 27.7 Å². The van der Waals surface area contributed by atoms with Gasteiger partial charge in [-0.3, -0.25) is 0 Å². The fraction of sp³-hybridized carbons (Fsp3) is 0.143. The molecule has 0 heterocycles. The Morgan fingerprint density at radius 2 is 1.86 bits per heavy atom. The first-order valence-electron chi connectivity index (χ1n) is 3.23. The molecule has 0 atom stereocenters. The van der Waals surface area contributed by atoms with Crippen LogP contribution in [0.3, 0.4) is 0 Å². The molecule has 0 aliphatic heterocycles. The average molecular weight is 291 g/mol. The average Bonchev–Trinajstić information content (AvgIpc) is 1.97. The van der Waals surface area contributed by atoms with Crippen molar-refractivity contribution in [1.29, 1.82) is 0 Å². The van der Waals surface area contributed by atoms with E-state index in [4.69, 9.17) is 5.11 Å². The minimum atomic E-state index is -4.54. The third-order valence-corrected chi connectivity index (χ3v) is 2.63. The molecule has 14 heavy (non-hydrogen) atoms. The molecule has 0 spiro atoms. The lowest BCUT2D eigenvalue weighted by atomic mass is 10.3. The van der Waals surface area contributed by atoms with Crippen LogP contribution < -0.4 is 0 Å². The van der Waals surface area contributed by atoms with Crippen molar-refractivity contribution < 1.29 is 22.7 Å². The Labute approximate surface area is 89.2 Å². The van der Waals surface area contributed by atoms with Gasteiger partial charge >= 0.3 is 5.51 Å². The predicted octanol–water partition coefficient (Wildman–Crippen LogP) is 3.91. The number of aromatic hydroxyl groups is 1. The van der Waals surface area contributed by atoms with Crippen molar-refractivity contribution in [3.8, 4) is 5.75 Å². The third kappa shape index (κ3) is 3.06. The molecule has 0 saturated heterocycles. The van der Waals surface area contributed by atoms with E-state index in [-0.39, 0.29) is 4.47 Å². The van der Waals surface area contributed by atoms with E-state index in [1.54, 1.807) is 0 Å². The quantitative estimate of drug-likeness (QED) is 0.625. The monoisotopic (exact) mass is 290 g/mol. The number of phenols is 1. The molecule has 0 radical (unpaired) electrons. The van der Waals surface area contributed by atoms with Gasteiger partial charge in [0.15, 0.2) is 0 Å². The number of thioether (sulfide) groups is 1. The summed E-state index contributed by atoms with van der Waals surface area (Å²) >= 11 is 2.22. The van der Waals surface area contributed by atoms with Crippen molar-refractivity contribution in [2.75, 3.05) is 0 Å². The topological polar surface area (TPSA) is 20.2 Å². The summed E-state index contributed by atoms with van der Waals surface area (Å²) in [5.41, 5.74) is -4.54. The number of halogens is 5. The normalized spacial score (nSPS) is 11.8. The Morgan fingerprint density at radius 1 is 1.29 bits per heavy atom. The predicted molar refractivity (Wildman–Crippen MR) is 47.7 cm³/mol. The minimum Gasteiger partial charge on any atom is -0.507 e. The van der Waals surface area contributed by atoms with Crippen LogP contribution in [0, 0.1) is 5.82 Å². The number of hydrogen-bond donors (Lipinski definition) is 1. The maximum absolute atomic E-state index is 12.9. The maximum Gasteiger partial charge on any atom is 0.446 e. The molecular weight excluding hydrogens is 288 g/mol. The van der Waals surface area contributed by atoms with E-state index in [9.17, 15) is 17.6 Å². The Kier molecular flexibility index (Phi) is 3.31. The van der Waals surface area contributed by atoms with Crippen molar-refractivity contribution in [1.82, 2.24) is 0 Å². The molecule has 1 N–H and O–H groups in total. The minimum absolute atomic E-state index is 0.0191. The van der Waals surface area contributed by atoms with Crippen LogP contribution >= 0.6 is 27.7 Å². The van der Waals surface area contributed by atoms with Gasteiger partial charge in [0.2, 0.25) is 0 Å². The molecule has 0 aliphatic carbocycles. The summed E-state index contributed by atoms with van der Waals surface area (Å²) in [6, 6.07) is 1.50. The molecule has 0 aromatic heterocycles. The van der Waals surface area contributed by atoms with Crippen LogP contribution in [0.1, 0.15) is 0 Å². The number of alkyl halides is 3. The standard InChI is InChI=1S/C7H3BrF4OS/c8-3-1-6(14-7(10,11)12)4(9)2-5(3)13/h1-2,13H. The molecular formula is C7H3BrF4OS. The molecule has 7 heteroatoms. The second-order valence-corrected chi connectivity index (χ2v) is 4.24. The van der Waals surface area contributed by atoms with Crippen LogP contribution in [0.25, 0.3) is 0 Å². The van der Waals surface area contributed by atoms with E-state index in [1.165, 1.54) is 0 Å². The van der Waals surface area contributed by atoms with Crippen LogP contribution in [0.2, 0.25) is 0 Å². The lowest BCUT2D eigenvalue weighted by molar-refractivity contribution is -0.0329. The summed E-state index contributed by atoms with van der Waals surface area (Å²) in [7, 11) is 0. The lowest BCUT2D eigenvalue weighted by Gasteiger charge is -2.07. The summed E-state index contributed by atoms with van der Waals surface area (Å²) in [6.07, 6.45) is 0. The number of rotatable bonds is 1. The highest BCUT2D eigenvalue weighted by atomic mass is 79.9. The van der Waals surface area contributed by atoms with Gasteiger partial charge < -0.3 is 5.11 Å². The van der Waals surface area contributed by atoms with Gasteiger partial charge in [-0.15, -0.1) is 0 Å². The Balaban J connectivity index is 3.04. The molecule has 1 aromatic carbocycles. The second kappa shape index (κ2) is 3.98. The fourth-order valence-corrected chi connectivity index (χ4v) is 1.80. The second-order valence-electron chi connectivity index (χ2n) is 2.28. The van der Waals surface area contributed by atoms with Crippen molar-refractivity contribution in [2.24, 2.45) is 0 Å².